The molecule has 132 valence electrons. The van der Waals surface area contributed by atoms with Gasteiger partial charge in [-0.3, -0.25) is 10.1 Å². The van der Waals surface area contributed by atoms with E-state index in [1.54, 1.807) is 36.4 Å². The molecule has 0 saturated carbocycles. The van der Waals surface area contributed by atoms with Gasteiger partial charge < -0.3 is 9.84 Å². The molecule has 0 bridgehead atoms. The van der Waals surface area contributed by atoms with E-state index < -0.39 is 4.92 Å². The van der Waals surface area contributed by atoms with Gasteiger partial charge in [0.15, 0.2) is 0 Å². The fourth-order valence-electron chi connectivity index (χ4n) is 2.28. The van der Waals surface area contributed by atoms with E-state index in [0.29, 0.717) is 33.7 Å². The van der Waals surface area contributed by atoms with Gasteiger partial charge in [0.2, 0.25) is 0 Å². The predicted octanol–water partition coefficient (Wildman–Crippen LogP) is 5.29. The van der Waals surface area contributed by atoms with Crippen molar-refractivity contribution >= 4 is 35.1 Å². The van der Waals surface area contributed by atoms with Gasteiger partial charge in [-0.25, -0.2) is 0 Å². The van der Waals surface area contributed by atoms with Crippen LogP contribution in [0.1, 0.15) is 11.3 Å². The largest absolute Gasteiger partial charge is 0.455 e. The van der Waals surface area contributed by atoms with E-state index in [4.69, 9.17) is 27.6 Å². The second-order valence-corrected chi connectivity index (χ2v) is 6.21. The van der Waals surface area contributed by atoms with E-state index in [1.165, 1.54) is 12.3 Å². The van der Waals surface area contributed by atoms with Gasteiger partial charge in [0.25, 0.3) is 5.69 Å². The highest BCUT2D eigenvalue weighted by Gasteiger charge is 2.18. The topological polar surface area (TPSA) is 80.7 Å². The summed E-state index contributed by atoms with van der Waals surface area (Å²) in [5.41, 5.74) is 4.17. The maximum Gasteiger partial charge on any atom is 0.281 e. The van der Waals surface area contributed by atoms with Gasteiger partial charge in [-0.1, -0.05) is 35.3 Å². The highest BCUT2D eigenvalue weighted by Crippen LogP contribution is 2.33. The van der Waals surface area contributed by atoms with Crippen LogP contribution in [0.15, 0.2) is 64.1 Å². The Hall–Kier alpha value is -2.83. The molecule has 1 aromatic heterocycles. The van der Waals surface area contributed by atoms with Crippen molar-refractivity contribution in [3.05, 3.63) is 86.1 Å². The molecule has 8 heteroatoms. The second-order valence-electron chi connectivity index (χ2n) is 5.34. The molecule has 0 atom stereocenters. The molecule has 0 fully saturated rings. The van der Waals surface area contributed by atoms with Crippen LogP contribution >= 0.6 is 23.2 Å². The van der Waals surface area contributed by atoms with Gasteiger partial charge in [-0.2, -0.15) is 5.10 Å². The van der Waals surface area contributed by atoms with Crippen molar-refractivity contribution in [2.45, 2.75) is 6.54 Å². The fraction of sp³-hybridized carbons (Fsp3) is 0.0556. The number of hydrazone groups is 1. The summed E-state index contributed by atoms with van der Waals surface area (Å²) in [6.45, 7) is 0.532. The number of nitro benzene ring substituents is 1. The third-order valence-electron chi connectivity index (χ3n) is 3.53. The number of hydrogen-bond acceptors (Lipinski definition) is 5. The highest BCUT2D eigenvalue weighted by molar-refractivity contribution is 6.31. The Morgan fingerprint density at radius 2 is 1.81 bits per heavy atom. The zero-order valence-corrected chi connectivity index (χ0v) is 14.9. The monoisotopic (exact) mass is 389 g/mol. The molecule has 0 saturated heterocycles. The molecular weight excluding hydrogens is 377 g/mol. The van der Waals surface area contributed by atoms with E-state index in [-0.39, 0.29) is 5.69 Å². The molecule has 0 unspecified atom stereocenters. The lowest BCUT2D eigenvalue weighted by atomic mass is 10.1. The van der Waals surface area contributed by atoms with Crippen molar-refractivity contribution in [3.8, 4) is 11.3 Å². The molecular formula is C18H13Cl2N3O3. The summed E-state index contributed by atoms with van der Waals surface area (Å²) in [5, 5.41) is 16.2. The zero-order valence-electron chi connectivity index (χ0n) is 13.4. The minimum absolute atomic E-state index is 0.115. The van der Waals surface area contributed by atoms with Gasteiger partial charge in [0.1, 0.15) is 11.5 Å². The Balaban J connectivity index is 1.68. The first-order chi connectivity index (χ1) is 12.5. The number of nitrogens with zero attached hydrogens (tertiary/aromatic N) is 2. The molecule has 0 aliphatic rings. The maximum absolute atomic E-state index is 11.2. The van der Waals surface area contributed by atoms with Crippen molar-refractivity contribution in [1.82, 2.24) is 5.43 Å². The van der Waals surface area contributed by atoms with E-state index in [0.717, 1.165) is 5.56 Å². The molecule has 0 amide bonds. The standard InChI is InChI=1S/C18H13Cl2N3O3/c19-13-3-1-12(2-4-13)10-21-22-11-15-6-8-18(26-15)16-7-5-14(20)9-17(16)23(24)25/h1-9,11,21H,10H2/b22-11-. The molecule has 0 aliphatic heterocycles. The van der Waals surface area contributed by atoms with Crippen LogP contribution in [-0.2, 0) is 6.54 Å². The second kappa shape index (κ2) is 8.03. The Labute approximate surface area is 159 Å². The summed E-state index contributed by atoms with van der Waals surface area (Å²) >= 11 is 11.7. The number of hydrogen-bond donors (Lipinski definition) is 1. The number of nitro groups is 1. The molecule has 1 heterocycles. The summed E-state index contributed by atoms with van der Waals surface area (Å²) < 4.78 is 5.61. The normalized spacial score (nSPS) is 11.0. The summed E-state index contributed by atoms with van der Waals surface area (Å²) in [7, 11) is 0. The summed E-state index contributed by atoms with van der Waals surface area (Å²) in [6, 6.07) is 15.2. The lowest BCUT2D eigenvalue weighted by Crippen LogP contribution is -2.05. The number of furan rings is 1. The highest BCUT2D eigenvalue weighted by atomic mass is 35.5. The van der Waals surface area contributed by atoms with E-state index >= 15 is 0 Å². The minimum Gasteiger partial charge on any atom is -0.455 e. The first kappa shape index (κ1) is 18.0. The molecule has 26 heavy (non-hydrogen) atoms. The predicted molar refractivity (Wildman–Crippen MR) is 102 cm³/mol. The summed E-state index contributed by atoms with van der Waals surface area (Å²) in [4.78, 5) is 10.7. The van der Waals surface area contributed by atoms with Crippen LogP contribution in [0.5, 0.6) is 0 Å². The van der Waals surface area contributed by atoms with Gasteiger partial charge >= 0.3 is 0 Å². The van der Waals surface area contributed by atoms with Crippen LogP contribution in [0.3, 0.4) is 0 Å². The molecule has 3 rings (SSSR count). The molecule has 1 N–H and O–H groups in total. The minimum atomic E-state index is -0.495. The zero-order chi connectivity index (χ0) is 18.5. The smallest absolute Gasteiger partial charge is 0.281 e. The number of halogens is 2. The third kappa shape index (κ3) is 4.41. The molecule has 0 aliphatic carbocycles. The van der Waals surface area contributed by atoms with Crippen LogP contribution in [0.2, 0.25) is 10.0 Å². The van der Waals surface area contributed by atoms with Gasteiger partial charge in [-0.05, 0) is 42.0 Å². The summed E-state index contributed by atoms with van der Waals surface area (Å²) in [5.74, 6) is 0.834. The SMILES string of the molecule is O=[N+]([O-])c1cc(Cl)ccc1-c1ccc(/C=N\NCc2ccc(Cl)cc2)o1. The van der Waals surface area contributed by atoms with Gasteiger partial charge in [0.05, 0.1) is 23.2 Å². The lowest BCUT2D eigenvalue weighted by molar-refractivity contribution is -0.384. The fourth-order valence-corrected chi connectivity index (χ4v) is 2.57. The van der Waals surface area contributed by atoms with Crippen molar-refractivity contribution in [1.29, 1.82) is 0 Å². The Bertz CT molecular complexity index is 953. The Morgan fingerprint density at radius 1 is 1.08 bits per heavy atom. The Morgan fingerprint density at radius 3 is 2.54 bits per heavy atom. The van der Waals surface area contributed by atoms with Crippen LogP contribution in [0.25, 0.3) is 11.3 Å². The van der Waals surface area contributed by atoms with Crippen LogP contribution in [0, 0.1) is 10.1 Å². The molecule has 6 nitrogen and oxygen atoms in total. The van der Waals surface area contributed by atoms with E-state index in [2.05, 4.69) is 10.5 Å². The van der Waals surface area contributed by atoms with Gasteiger partial charge in [-0.15, -0.1) is 0 Å². The lowest BCUT2D eigenvalue weighted by Gasteiger charge is -2.01. The van der Waals surface area contributed by atoms with Gasteiger partial charge in [0, 0.05) is 16.1 Å². The van der Waals surface area contributed by atoms with E-state index in [9.17, 15) is 10.1 Å². The van der Waals surface area contributed by atoms with Crippen molar-refractivity contribution < 1.29 is 9.34 Å². The van der Waals surface area contributed by atoms with Crippen molar-refractivity contribution in [2.75, 3.05) is 0 Å². The third-order valence-corrected chi connectivity index (χ3v) is 4.02. The number of nitrogens with one attached hydrogen (secondary N) is 1. The first-order valence-electron chi connectivity index (χ1n) is 7.57. The Kier molecular flexibility index (Phi) is 5.55. The summed E-state index contributed by atoms with van der Waals surface area (Å²) in [6.07, 6.45) is 1.50. The number of benzene rings is 2. The van der Waals surface area contributed by atoms with Crippen LogP contribution < -0.4 is 5.43 Å². The van der Waals surface area contributed by atoms with Crippen LogP contribution in [-0.4, -0.2) is 11.1 Å². The van der Waals surface area contributed by atoms with Crippen molar-refractivity contribution in [2.24, 2.45) is 5.10 Å². The first-order valence-corrected chi connectivity index (χ1v) is 8.33. The van der Waals surface area contributed by atoms with Crippen LogP contribution in [0.4, 0.5) is 5.69 Å². The average Bonchev–Trinajstić information content (AvgIpc) is 3.09. The maximum atomic E-state index is 11.2. The number of rotatable bonds is 6. The van der Waals surface area contributed by atoms with Crippen molar-refractivity contribution in [3.63, 3.8) is 0 Å². The molecule has 0 radical (unpaired) electrons. The molecule has 2 aromatic carbocycles. The van der Waals surface area contributed by atoms with E-state index in [1.807, 2.05) is 12.1 Å². The quantitative estimate of drug-likeness (QED) is 0.353. The average molecular weight is 390 g/mol. The molecule has 0 spiro atoms. The molecule has 3 aromatic rings.